The monoisotopic (exact) mass is 397 g/mol. The van der Waals surface area contributed by atoms with Crippen molar-refractivity contribution < 1.29 is 20.1 Å². The molecule has 0 unspecified atom stereocenters. The number of nitrogens with zero attached hydrogens (tertiary/aromatic N) is 6. The number of hydrogen-bond donors (Lipinski definition) is 4. The number of anilines is 1. The Bertz CT molecular complexity index is 874. The molecule has 0 bridgehead atoms. The highest BCUT2D eigenvalue weighted by molar-refractivity contribution is 5.85. The van der Waals surface area contributed by atoms with E-state index in [1.165, 1.54) is 17.2 Å². The Balaban J connectivity index is 0.00000210. The largest absolute Gasteiger partial charge is 0.394 e. The Hall–Kier alpha value is -2.31. The van der Waals surface area contributed by atoms with E-state index in [2.05, 4.69) is 25.3 Å². The van der Waals surface area contributed by atoms with Gasteiger partial charge in [0.25, 0.3) is 0 Å². The lowest BCUT2D eigenvalue weighted by atomic mass is 10.1. The van der Waals surface area contributed by atoms with Crippen LogP contribution < -0.4 is 5.32 Å². The fourth-order valence-corrected chi connectivity index (χ4v) is 3.00. The lowest BCUT2D eigenvalue weighted by Gasteiger charge is -2.16. The minimum atomic E-state index is -1.20. The highest BCUT2D eigenvalue weighted by Gasteiger charge is 2.44. The molecule has 27 heavy (non-hydrogen) atoms. The minimum Gasteiger partial charge on any atom is -0.394 e. The molecular weight excluding hydrogens is 378 g/mol. The first-order chi connectivity index (χ1) is 12.7. The Morgan fingerprint density at radius 1 is 1.15 bits per heavy atom. The summed E-state index contributed by atoms with van der Waals surface area (Å²) in [7, 11) is 0. The summed E-state index contributed by atoms with van der Waals surface area (Å²) < 4.78 is 9.00. The van der Waals surface area contributed by atoms with Gasteiger partial charge in [0, 0.05) is 25.5 Å². The zero-order valence-electron chi connectivity index (χ0n) is 14.2. The number of aliphatic hydroxyl groups is 3. The van der Waals surface area contributed by atoms with Crippen molar-refractivity contribution in [3.05, 3.63) is 31.4 Å². The molecular formula is C15H20ClN7O4. The van der Waals surface area contributed by atoms with Crippen LogP contribution in [0.1, 0.15) is 6.23 Å². The van der Waals surface area contributed by atoms with Crippen LogP contribution in [0.25, 0.3) is 11.2 Å². The zero-order valence-corrected chi connectivity index (χ0v) is 15.0. The smallest absolute Gasteiger partial charge is 0.167 e. The lowest BCUT2D eigenvalue weighted by Crippen LogP contribution is -2.33. The van der Waals surface area contributed by atoms with E-state index in [0.717, 1.165) is 0 Å². The number of halogens is 1. The van der Waals surface area contributed by atoms with Crippen LogP contribution in [-0.2, 0) is 11.3 Å². The van der Waals surface area contributed by atoms with Crippen molar-refractivity contribution in [2.24, 2.45) is 0 Å². The summed E-state index contributed by atoms with van der Waals surface area (Å²) in [6, 6.07) is 0. The third-order valence-corrected chi connectivity index (χ3v) is 4.37. The van der Waals surface area contributed by atoms with Gasteiger partial charge in [-0.15, -0.1) is 12.4 Å². The Morgan fingerprint density at radius 3 is 2.70 bits per heavy atom. The van der Waals surface area contributed by atoms with Crippen LogP contribution >= 0.6 is 12.4 Å². The molecule has 3 aromatic heterocycles. The van der Waals surface area contributed by atoms with Crippen molar-refractivity contribution in [1.29, 1.82) is 0 Å². The van der Waals surface area contributed by atoms with Gasteiger partial charge < -0.3 is 29.9 Å². The molecule has 0 amide bonds. The summed E-state index contributed by atoms with van der Waals surface area (Å²) in [6.45, 7) is 0.932. The summed E-state index contributed by atoms with van der Waals surface area (Å²) >= 11 is 0. The van der Waals surface area contributed by atoms with Crippen LogP contribution in [0.4, 0.5) is 5.82 Å². The molecule has 3 aromatic rings. The van der Waals surface area contributed by atoms with Crippen LogP contribution in [0.3, 0.4) is 0 Å². The Labute approximate surface area is 160 Å². The van der Waals surface area contributed by atoms with Gasteiger partial charge in [-0.25, -0.2) is 19.9 Å². The standard InChI is InChI=1S/C15H19N7O4.ClH/c23-5-9-11(24)12(25)15(26-9)22-8-20-10-13(18-6-19-14(10)22)17-2-4-21-3-1-16-7-21;/h1,3,6-9,11-12,15,23-25H,2,4-5H2,(H,17,18,19);1H/t9-,11-,12-,15-;/m1./s1. The van der Waals surface area contributed by atoms with Crippen molar-refractivity contribution in [3.63, 3.8) is 0 Å². The van der Waals surface area contributed by atoms with E-state index in [9.17, 15) is 15.3 Å². The van der Waals surface area contributed by atoms with E-state index in [1.54, 1.807) is 12.5 Å². The summed E-state index contributed by atoms with van der Waals surface area (Å²) in [4.78, 5) is 16.7. The van der Waals surface area contributed by atoms with Gasteiger partial charge in [0.05, 0.1) is 19.3 Å². The molecule has 1 aliphatic heterocycles. The van der Waals surface area contributed by atoms with Gasteiger partial charge in [0.2, 0.25) is 0 Å². The maximum atomic E-state index is 10.2. The number of hydrogen-bond acceptors (Lipinski definition) is 9. The second-order valence-electron chi connectivity index (χ2n) is 6.00. The normalized spacial score (nSPS) is 24.9. The van der Waals surface area contributed by atoms with E-state index < -0.39 is 31.1 Å². The molecule has 4 N–H and O–H groups in total. The van der Waals surface area contributed by atoms with Crippen molar-refractivity contribution in [2.75, 3.05) is 18.5 Å². The fourth-order valence-electron chi connectivity index (χ4n) is 3.00. The van der Waals surface area contributed by atoms with E-state index in [1.807, 2.05) is 10.8 Å². The first kappa shape index (κ1) is 19.5. The number of ether oxygens (including phenoxy) is 1. The number of imidazole rings is 2. The second kappa shape index (κ2) is 8.15. The molecule has 0 aromatic carbocycles. The van der Waals surface area contributed by atoms with Gasteiger partial charge in [0.1, 0.15) is 24.6 Å². The van der Waals surface area contributed by atoms with E-state index in [4.69, 9.17) is 4.74 Å². The van der Waals surface area contributed by atoms with Crippen molar-refractivity contribution in [3.8, 4) is 0 Å². The van der Waals surface area contributed by atoms with Crippen molar-refractivity contribution in [1.82, 2.24) is 29.1 Å². The van der Waals surface area contributed by atoms with Gasteiger partial charge in [-0.1, -0.05) is 0 Å². The molecule has 0 spiro atoms. The molecule has 1 fully saturated rings. The first-order valence-electron chi connectivity index (χ1n) is 8.18. The predicted octanol–water partition coefficient (Wildman–Crippen LogP) is -0.832. The molecule has 0 aliphatic carbocycles. The maximum Gasteiger partial charge on any atom is 0.167 e. The van der Waals surface area contributed by atoms with Gasteiger partial charge in [-0.2, -0.15) is 0 Å². The van der Waals surface area contributed by atoms with Gasteiger partial charge >= 0.3 is 0 Å². The van der Waals surface area contributed by atoms with Crippen molar-refractivity contribution >= 4 is 29.4 Å². The summed E-state index contributed by atoms with van der Waals surface area (Å²) in [5.41, 5.74) is 0.982. The third-order valence-electron chi connectivity index (χ3n) is 4.37. The Morgan fingerprint density at radius 2 is 2.00 bits per heavy atom. The molecule has 11 nitrogen and oxygen atoms in total. The number of aromatic nitrogens is 6. The number of nitrogens with one attached hydrogen (secondary N) is 1. The molecule has 146 valence electrons. The van der Waals surface area contributed by atoms with Crippen LogP contribution in [0.2, 0.25) is 0 Å². The highest BCUT2D eigenvalue weighted by atomic mass is 35.5. The van der Waals surface area contributed by atoms with E-state index in [0.29, 0.717) is 30.1 Å². The molecule has 12 heteroatoms. The van der Waals surface area contributed by atoms with Gasteiger partial charge in [0.15, 0.2) is 23.2 Å². The number of fused-ring (bicyclic) bond motifs is 1. The van der Waals surface area contributed by atoms with Crippen LogP contribution in [-0.4, -0.2) is 75.9 Å². The maximum absolute atomic E-state index is 10.2. The molecule has 4 atom stereocenters. The molecule has 4 rings (SSSR count). The molecule has 0 radical (unpaired) electrons. The van der Waals surface area contributed by atoms with Crippen LogP contribution in [0.15, 0.2) is 31.4 Å². The number of aliphatic hydroxyl groups excluding tert-OH is 3. The topological polar surface area (TPSA) is 143 Å². The average Bonchev–Trinajstić information content (AvgIpc) is 3.37. The molecule has 1 saturated heterocycles. The summed E-state index contributed by atoms with van der Waals surface area (Å²) in [5.74, 6) is 0.556. The lowest BCUT2D eigenvalue weighted by molar-refractivity contribution is -0.0511. The predicted molar refractivity (Wildman–Crippen MR) is 96.3 cm³/mol. The van der Waals surface area contributed by atoms with E-state index in [-0.39, 0.29) is 12.4 Å². The number of rotatable bonds is 6. The zero-order chi connectivity index (χ0) is 18.1. The molecule has 4 heterocycles. The third kappa shape index (κ3) is 3.59. The van der Waals surface area contributed by atoms with Crippen LogP contribution in [0.5, 0.6) is 0 Å². The first-order valence-corrected chi connectivity index (χ1v) is 8.18. The quantitative estimate of drug-likeness (QED) is 0.419. The van der Waals surface area contributed by atoms with Gasteiger partial charge in [-0.3, -0.25) is 4.57 Å². The summed E-state index contributed by atoms with van der Waals surface area (Å²) in [5, 5.41) is 32.6. The highest BCUT2D eigenvalue weighted by Crippen LogP contribution is 2.31. The molecule has 1 aliphatic rings. The van der Waals surface area contributed by atoms with Crippen molar-refractivity contribution in [2.45, 2.75) is 31.1 Å². The van der Waals surface area contributed by atoms with Gasteiger partial charge in [-0.05, 0) is 0 Å². The Kier molecular flexibility index (Phi) is 5.87. The summed E-state index contributed by atoms with van der Waals surface area (Å²) in [6.07, 6.45) is 4.05. The van der Waals surface area contributed by atoms with Crippen LogP contribution in [0, 0.1) is 0 Å². The average molecular weight is 398 g/mol. The fraction of sp³-hybridized carbons (Fsp3) is 0.467. The SMILES string of the molecule is Cl.OC[C@H]1O[C@@H](n2cnc3c(NCCn4ccnc4)ncnc32)[C@H](O)[C@@H]1O. The molecule has 0 saturated carbocycles. The van der Waals surface area contributed by atoms with E-state index >= 15 is 0 Å². The minimum absolute atomic E-state index is 0. The second-order valence-corrected chi connectivity index (χ2v) is 6.00.